The van der Waals surface area contributed by atoms with E-state index in [4.69, 9.17) is 10.5 Å². The van der Waals surface area contributed by atoms with Gasteiger partial charge in [-0.25, -0.2) is 0 Å². The smallest absolute Gasteiger partial charge is 0.109 e. The van der Waals surface area contributed by atoms with E-state index >= 15 is 0 Å². The number of aliphatic hydroxyl groups is 1. The summed E-state index contributed by atoms with van der Waals surface area (Å²) in [6.45, 7) is 11.2. The van der Waals surface area contributed by atoms with Crippen molar-refractivity contribution in [3.63, 3.8) is 0 Å². The van der Waals surface area contributed by atoms with Crippen LogP contribution >= 0.6 is 0 Å². The van der Waals surface area contributed by atoms with Crippen molar-refractivity contribution in [1.29, 1.82) is 0 Å². The Morgan fingerprint density at radius 1 is 1.28 bits per heavy atom. The molecule has 0 saturated heterocycles. The predicted molar refractivity (Wildman–Crippen MR) is 80.2 cm³/mol. The first kappa shape index (κ1) is 18.0. The van der Waals surface area contributed by atoms with Gasteiger partial charge in [0.15, 0.2) is 0 Å². The highest BCUT2D eigenvalue weighted by Crippen LogP contribution is 2.15. The number of nitrogens with two attached hydrogens (primary N) is 1. The first-order valence-corrected chi connectivity index (χ1v) is 6.92. The lowest BCUT2D eigenvalue weighted by Crippen LogP contribution is -2.38. The molecule has 0 fully saturated rings. The Kier molecular flexibility index (Phi) is 8.24. The van der Waals surface area contributed by atoms with E-state index in [1.807, 2.05) is 13.8 Å². The number of ether oxygens (including phenoxy) is 1. The van der Waals surface area contributed by atoms with Crippen LogP contribution in [0.2, 0.25) is 5.82 Å². The highest BCUT2D eigenvalue weighted by Gasteiger charge is 2.22. The van der Waals surface area contributed by atoms with Crippen molar-refractivity contribution in [2.24, 2.45) is 5.73 Å². The summed E-state index contributed by atoms with van der Waals surface area (Å²) in [6, 6.07) is 0. The van der Waals surface area contributed by atoms with Gasteiger partial charge in [0.2, 0.25) is 0 Å². The minimum Gasteiger partial charge on any atom is -0.390 e. The van der Waals surface area contributed by atoms with Crippen molar-refractivity contribution < 1.29 is 9.84 Å². The summed E-state index contributed by atoms with van der Waals surface area (Å²) in [4.78, 5) is 0. The molecule has 104 valence electrons. The van der Waals surface area contributed by atoms with Crippen LogP contribution in [0.15, 0.2) is 0 Å². The summed E-state index contributed by atoms with van der Waals surface area (Å²) in [7, 11) is 4.30. The zero-order valence-corrected chi connectivity index (χ0v) is 12.7. The molecule has 0 bridgehead atoms. The summed E-state index contributed by atoms with van der Waals surface area (Å²) in [5, 5.41) is 9.62. The van der Waals surface area contributed by atoms with E-state index in [9.17, 15) is 5.11 Å². The van der Waals surface area contributed by atoms with E-state index in [-0.39, 0.29) is 5.50 Å². The van der Waals surface area contributed by atoms with Gasteiger partial charge in [-0.3, -0.25) is 0 Å². The van der Waals surface area contributed by atoms with Gasteiger partial charge in [0, 0.05) is 12.1 Å². The van der Waals surface area contributed by atoms with Gasteiger partial charge >= 0.3 is 0 Å². The van der Waals surface area contributed by atoms with Crippen molar-refractivity contribution in [3.05, 3.63) is 0 Å². The third-order valence-corrected chi connectivity index (χ3v) is 2.88. The molecule has 0 amide bonds. The SMILES string of the molecule is CC([B][B]C(C)(C)OCCC(C)(C)O)CCCN. The fourth-order valence-electron chi connectivity index (χ4n) is 1.54. The molecule has 0 aromatic rings. The Morgan fingerprint density at radius 3 is 2.39 bits per heavy atom. The van der Waals surface area contributed by atoms with Crippen molar-refractivity contribution in [2.75, 3.05) is 13.2 Å². The molecule has 0 aliphatic carbocycles. The lowest BCUT2D eigenvalue weighted by atomic mass is 9.28. The number of hydrogen-bond donors (Lipinski definition) is 2. The summed E-state index contributed by atoms with van der Waals surface area (Å²) in [5.74, 6) is 0.533. The number of hydrogen-bond acceptors (Lipinski definition) is 3. The fraction of sp³-hybridized carbons (Fsp3) is 1.00. The second kappa shape index (κ2) is 8.23. The first-order chi connectivity index (χ1) is 8.16. The molecule has 5 heteroatoms. The number of rotatable bonds is 10. The van der Waals surface area contributed by atoms with Crippen molar-refractivity contribution in [3.8, 4) is 0 Å². The Bertz CT molecular complexity index is 218. The van der Waals surface area contributed by atoms with Gasteiger partial charge in [-0.15, -0.1) is 0 Å². The van der Waals surface area contributed by atoms with E-state index in [0.717, 1.165) is 19.4 Å². The van der Waals surface area contributed by atoms with E-state index in [2.05, 4.69) is 21.3 Å². The molecular weight excluding hydrogens is 224 g/mol. The molecule has 0 aromatic carbocycles. The Morgan fingerprint density at radius 2 is 1.89 bits per heavy atom. The summed E-state index contributed by atoms with van der Waals surface area (Å²) in [6.07, 6.45) is 2.82. The topological polar surface area (TPSA) is 55.5 Å². The zero-order valence-electron chi connectivity index (χ0n) is 12.7. The Labute approximate surface area is 114 Å². The van der Waals surface area contributed by atoms with Crippen LogP contribution in [0.4, 0.5) is 0 Å². The fourth-order valence-corrected chi connectivity index (χ4v) is 1.54. The molecule has 0 spiro atoms. The van der Waals surface area contributed by atoms with E-state index < -0.39 is 5.60 Å². The second-order valence-corrected chi connectivity index (χ2v) is 6.28. The lowest BCUT2D eigenvalue weighted by molar-refractivity contribution is -0.00669. The van der Waals surface area contributed by atoms with Gasteiger partial charge in [0.25, 0.3) is 0 Å². The highest BCUT2D eigenvalue weighted by molar-refractivity contribution is 7.02. The molecule has 18 heavy (non-hydrogen) atoms. The maximum absolute atomic E-state index is 9.62. The summed E-state index contributed by atoms with van der Waals surface area (Å²) >= 11 is 0. The average molecular weight is 253 g/mol. The van der Waals surface area contributed by atoms with Crippen molar-refractivity contribution in [2.45, 2.75) is 70.8 Å². The van der Waals surface area contributed by atoms with Gasteiger partial charge in [-0.1, -0.05) is 19.2 Å². The van der Waals surface area contributed by atoms with Crippen LogP contribution in [0.5, 0.6) is 0 Å². The maximum atomic E-state index is 9.62. The van der Waals surface area contributed by atoms with Gasteiger partial charge in [0.05, 0.1) is 12.8 Å². The van der Waals surface area contributed by atoms with Crippen LogP contribution in [0, 0.1) is 0 Å². The third-order valence-electron chi connectivity index (χ3n) is 2.88. The Balaban J connectivity index is 3.79. The predicted octanol–water partition coefficient (Wildman–Crippen LogP) is 1.77. The minimum atomic E-state index is -0.659. The van der Waals surface area contributed by atoms with Crippen LogP contribution in [-0.4, -0.2) is 43.7 Å². The van der Waals surface area contributed by atoms with E-state index in [0.29, 0.717) is 18.8 Å². The van der Waals surface area contributed by atoms with Crippen molar-refractivity contribution >= 4 is 14.3 Å². The lowest BCUT2D eigenvalue weighted by Gasteiger charge is -2.28. The van der Waals surface area contributed by atoms with Crippen LogP contribution in [-0.2, 0) is 4.74 Å². The van der Waals surface area contributed by atoms with Crippen LogP contribution in [0.25, 0.3) is 0 Å². The van der Waals surface area contributed by atoms with Crippen LogP contribution < -0.4 is 5.73 Å². The first-order valence-electron chi connectivity index (χ1n) is 6.92. The molecule has 3 nitrogen and oxygen atoms in total. The summed E-state index contributed by atoms with van der Waals surface area (Å²) < 4.78 is 5.79. The molecular formula is C13H29B2NO2. The summed E-state index contributed by atoms with van der Waals surface area (Å²) in [5.41, 5.74) is 4.56. The highest BCUT2D eigenvalue weighted by atomic mass is 16.5. The molecule has 3 N–H and O–H groups in total. The van der Waals surface area contributed by atoms with E-state index in [1.54, 1.807) is 13.8 Å². The zero-order chi connectivity index (χ0) is 14.2. The molecule has 0 aromatic heterocycles. The van der Waals surface area contributed by atoms with Gasteiger partial charge in [-0.2, -0.15) is 0 Å². The van der Waals surface area contributed by atoms with Gasteiger partial charge in [0.1, 0.15) is 7.17 Å². The molecule has 0 saturated carbocycles. The molecule has 2 radical (unpaired) electrons. The largest absolute Gasteiger partial charge is 0.390 e. The minimum absolute atomic E-state index is 0.276. The molecule has 1 unspecified atom stereocenters. The third kappa shape index (κ3) is 11.1. The van der Waals surface area contributed by atoms with Crippen LogP contribution in [0.1, 0.15) is 53.9 Å². The van der Waals surface area contributed by atoms with Crippen LogP contribution in [0.3, 0.4) is 0 Å². The standard InChI is InChI=1S/C13H29B2NO2/c1-11(7-6-9-16)14-15-13(4,5)18-10-8-12(2,3)17/h11,17H,6-10,16H2,1-5H3. The second-order valence-electron chi connectivity index (χ2n) is 6.28. The molecule has 0 rings (SSSR count). The molecule has 1 atom stereocenters. The molecule has 0 heterocycles. The average Bonchev–Trinajstić information content (AvgIpc) is 2.21. The monoisotopic (exact) mass is 253 g/mol. The van der Waals surface area contributed by atoms with Gasteiger partial charge < -0.3 is 15.6 Å². The Hall–Kier alpha value is 0.00987. The normalized spacial score (nSPS) is 14.4. The van der Waals surface area contributed by atoms with Crippen molar-refractivity contribution in [1.82, 2.24) is 0 Å². The molecule has 0 aliphatic rings. The quantitative estimate of drug-likeness (QED) is 0.583. The van der Waals surface area contributed by atoms with Gasteiger partial charge in [-0.05, 0) is 47.1 Å². The van der Waals surface area contributed by atoms with E-state index in [1.165, 1.54) is 0 Å². The maximum Gasteiger partial charge on any atom is 0.109 e. The molecule has 0 aliphatic heterocycles.